The quantitative estimate of drug-likeness (QED) is 0.709. The lowest BCUT2D eigenvalue weighted by Crippen LogP contribution is -2.11. The molecule has 0 saturated carbocycles. The molecule has 21 heavy (non-hydrogen) atoms. The number of anilines is 1. The first kappa shape index (κ1) is 16.1. The molecule has 1 amide bonds. The van der Waals surface area contributed by atoms with Gasteiger partial charge in [0.05, 0.1) is 21.7 Å². The molecule has 0 spiro atoms. The lowest BCUT2D eigenvalue weighted by molar-refractivity contribution is 0.102. The number of halogens is 1. The number of hydrogen-bond donors (Lipinski definition) is 1. The van der Waals surface area contributed by atoms with Crippen molar-refractivity contribution in [1.29, 1.82) is 0 Å². The Kier molecular flexibility index (Phi) is 5.86. The van der Waals surface area contributed by atoms with Crippen LogP contribution in [0.15, 0.2) is 29.6 Å². The monoisotopic (exact) mass is 417 g/mol. The first-order chi connectivity index (χ1) is 10.1. The minimum Gasteiger partial charge on any atom is -0.490 e. The number of hydrogen-bond acceptors (Lipinski definition) is 4. The number of ether oxygens (including phenoxy) is 2. The minimum absolute atomic E-state index is 0.124. The smallest absolute Gasteiger partial charge is 0.256 e. The van der Waals surface area contributed by atoms with Crippen LogP contribution in [0.5, 0.6) is 11.5 Å². The number of nitrogens with one attached hydrogen (secondary N) is 1. The van der Waals surface area contributed by atoms with Gasteiger partial charge >= 0.3 is 0 Å². The van der Waals surface area contributed by atoms with E-state index in [1.54, 1.807) is 17.4 Å². The highest BCUT2D eigenvalue weighted by Gasteiger charge is 2.11. The van der Waals surface area contributed by atoms with Gasteiger partial charge in [-0.2, -0.15) is 0 Å². The molecule has 1 aromatic carbocycles. The normalized spacial score (nSPS) is 10.2. The van der Waals surface area contributed by atoms with Gasteiger partial charge in [0.25, 0.3) is 5.91 Å². The van der Waals surface area contributed by atoms with Gasteiger partial charge in [0.15, 0.2) is 11.5 Å². The summed E-state index contributed by atoms with van der Waals surface area (Å²) in [7, 11) is 0. The van der Waals surface area contributed by atoms with Gasteiger partial charge in [0, 0.05) is 17.1 Å². The molecule has 0 aliphatic heterocycles. The first-order valence-corrected chi connectivity index (χ1v) is 8.55. The molecule has 0 unspecified atom stereocenters. The van der Waals surface area contributed by atoms with Crippen LogP contribution in [0.25, 0.3) is 0 Å². The third-order valence-corrected chi connectivity index (χ3v) is 4.42. The summed E-state index contributed by atoms with van der Waals surface area (Å²) in [5, 5.41) is 4.71. The van der Waals surface area contributed by atoms with Gasteiger partial charge in [-0.3, -0.25) is 4.79 Å². The number of benzene rings is 1. The van der Waals surface area contributed by atoms with E-state index in [9.17, 15) is 4.79 Å². The van der Waals surface area contributed by atoms with Crippen LogP contribution < -0.4 is 14.8 Å². The fourth-order valence-corrected chi connectivity index (χ4v) is 3.09. The summed E-state index contributed by atoms with van der Waals surface area (Å²) in [6.07, 6.45) is 0. The topological polar surface area (TPSA) is 47.6 Å². The third-order valence-electron chi connectivity index (χ3n) is 2.63. The Morgan fingerprint density at radius 1 is 1.19 bits per heavy atom. The van der Waals surface area contributed by atoms with Crippen molar-refractivity contribution in [2.45, 2.75) is 13.8 Å². The van der Waals surface area contributed by atoms with Crippen molar-refractivity contribution in [1.82, 2.24) is 0 Å². The highest BCUT2D eigenvalue weighted by Crippen LogP contribution is 2.31. The van der Waals surface area contributed by atoms with E-state index >= 15 is 0 Å². The zero-order valence-electron chi connectivity index (χ0n) is 11.8. The molecule has 1 heterocycles. The second-order valence-electron chi connectivity index (χ2n) is 4.12. The number of thiophene rings is 1. The van der Waals surface area contributed by atoms with Crippen molar-refractivity contribution >= 4 is 45.5 Å². The number of carbonyl (C=O) groups excluding carboxylic acids is 1. The summed E-state index contributed by atoms with van der Waals surface area (Å²) < 4.78 is 12.1. The van der Waals surface area contributed by atoms with E-state index in [0.717, 1.165) is 2.88 Å². The molecule has 6 heteroatoms. The van der Waals surface area contributed by atoms with Crippen LogP contribution in [0.2, 0.25) is 0 Å². The zero-order valence-corrected chi connectivity index (χ0v) is 14.8. The number of amides is 1. The third kappa shape index (κ3) is 4.34. The van der Waals surface area contributed by atoms with E-state index in [-0.39, 0.29) is 5.91 Å². The van der Waals surface area contributed by atoms with E-state index in [4.69, 9.17) is 9.47 Å². The lowest BCUT2D eigenvalue weighted by atomic mass is 10.2. The van der Waals surface area contributed by atoms with Crippen molar-refractivity contribution in [3.8, 4) is 11.5 Å². The molecule has 2 aromatic rings. The predicted molar refractivity (Wildman–Crippen MR) is 93.8 cm³/mol. The molecule has 4 nitrogen and oxygen atoms in total. The van der Waals surface area contributed by atoms with Crippen LogP contribution in [0.1, 0.15) is 24.2 Å². The second kappa shape index (κ2) is 7.65. The van der Waals surface area contributed by atoms with Gasteiger partial charge in [-0.15, -0.1) is 11.3 Å². The van der Waals surface area contributed by atoms with Gasteiger partial charge in [0.1, 0.15) is 0 Å². The van der Waals surface area contributed by atoms with Gasteiger partial charge in [-0.25, -0.2) is 0 Å². The minimum atomic E-state index is -0.124. The highest BCUT2D eigenvalue weighted by atomic mass is 127. The van der Waals surface area contributed by atoms with Gasteiger partial charge in [-0.1, -0.05) is 0 Å². The Hall–Kier alpha value is -1.28. The zero-order chi connectivity index (χ0) is 15.2. The summed E-state index contributed by atoms with van der Waals surface area (Å²) >= 11 is 3.74. The molecule has 0 bridgehead atoms. The predicted octanol–water partition coefficient (Wildman–Crippen LogP) is 4.40. The van der Waals surface area contributed by atoms with Crippen LogP contribution in [0, 0.1) is 2.88 Å². The molecule has 0 radical (unpaired) electrons. The molecular weight excluding hydrogens is 401 g/mol. The largest absolute Gasteiger partial charge is 0.490 e. The highest BCUT2D eigenvalue weighted by molar-refractivity contribution is 14.1. The number of rotatable bonds is 6. The van der Waals surface area contributed by atoms with Crippen LogP contribution >= 0.6 is 33.9 Å². The van der Waals surface area contributed by atoms with E-state index in [1.165, 1.54) is 0 Å². The lowest BCUT2D eigenvalue weighted by Gasteiger charge is -2.12. The maximum absolute atomic E-state index is 12.1. The van der Waals surface area contributed by atoms with Crippen LogP contribution in [-0.4, -0.2) is 19.1 Å². The Morgan fingerprint density at radius 3 is 2.52 bits per heavy atom. The standard InChI is InChI=1S/C15H16INO3S/c1-3-19-12-6-5-11(8-13(12)20-4-2)17-15(18)10-7-14(16)21-9-10/h5-9H,3-4H2,1-2H3,(H,17,18). The maximum atomic E-state index is 12.1. The van der Waals surface area contributed by atoms with Gasteiger partial charge < -0.3 is 14.8 Å². The van der Waals surface area contributed by atoms with Gasteiger partial charge in [-0.05, 0) is 54.6 Å². The van der Waals surface area contributed by atoms with Crippen LogP contribution in [-0.2, 0) is 0 Å². The average Bonchev–Trinajstić information content (AvgIpc) is 2.89. The van der Waals surface area contributed by atoms with Gasteiger partial charge in [0.2, 0.25) is 0 Å². The Bertz CT molecular complexity index is 627. The fraction of sp³-hybridized carbons (Fsp3) is 0.267. The second-order valence-corrected chi connectivity index (χ2v) is 6.93. The van der Waals surface area contributed by atoms with E-state index < -0.39 is 0 Å². The van der Waals surface area contributed by atoms with E-state index in [0.29, 0.717) is 36.0 Å². The van der Waals surface area contributed by atoms with Crippen LogP contribution in [0.4, 0.5) is 5.69 Å². The Labute approximate surface area is 141 Å². The Balaban J connectivity index is 2.16. The summed E-state index contributed by atoms with van der Waals surface area (Å²) in [5.41, 5.74) is 1.35. The van der Waals surface area contributed by atoms with Crippen molar-refractivity contribution in [3.63, 3.8) is 0 Å². The maximum Gasteiger partial charge on any atom is 0.256 e. The molecule has 0 saturated heterocycles. The molecule has 0 aliphatic rings. The Morgan fingerprint density at radius 2 is 1.90 bits per heavy atom. The first-order valence-electron chi connectivity index (χ1n) is 6.59. The molecule has 1 N–H and O–H groups in total. The fourth-order valence-electron chi connectivity index (χ4n) is 1.76. The van der Waals surface area contributed by atoms with Crippen molar-refractivity contribution in [2.75, 3.05) is 18.5 Å². The number of carbonyl (C=O) groups is 1. The SMILES string of the molecule is CCOc1ccc(NC(=O)c2csc(I)c2)cc1OCC. The molecule has 0 aliphatic carbocycles. The van der Waals surface area contributed by atoms with Crippen molar-refractivity contribution in [3.05, 3.63) is 38.1 Å². The summed E-state index contributed by atoms with van der Waals surface area (Å²) in [5.74, 6) is 1.19. The van der Waals surface area contributed by atoms with E-state index in [2.05, 4.69) is 27.9 Å². The molecule has 2 rings (SSSR count). The molecular formula is C15H16INO3S. The van der Waals surface area contributed by atoms with Crippen molar-refractivity contribution in [2.24, 2.45) is 0 Å². The van der Waals surface area contributed by atoms with E-state index in [1.807, 2.05) is 37.4 Å². The summed E-state index contributed by atoms with van der Waals surface area (Å²) in [6, 6.07) is 7.26. The molecule has 112 valence electrons. The molecule has 1 aromatic heterocycles. The summed E-state index contributed by atoms with van der Waals surface area (Å²) in [4.78, 5) is 12.1. The average molecular weight is 417 g/mol. The molecule has 0 fully saturated rings. The summed E-state index contributed by atoms with van der Waals surface area (Å²) in [6.45, 7) is 4.94. The van der Waals surface area contributed by atoms with Crippen LogP contribution in [0.3, 0.4) is 0 Å². The van der Waals surface area contributed by atoms with Crippen molar-refractivity contribution < 1.29 is 14.3 Å². The molecule has 0 atom stereocenters.